The molecule has 0 saturated carbocycles. The Morgan fingerprint density at radius 1 is 2.00 bits per heavy atom. The lowest BCUT2D eigenvalue weighted by Crippen LogP contribution is -1.86. The Hall–Kier alpha value is -0.510. The van der Waals surface area contributed by atoms with Crippen LogP contribution in [-0.2, 0) is 0 Å². The third-order valence-corrected chi connectivity index (χ3v) is 0.399. The van der Waals surface area contributed by atoms with E-state index in [1.165, 1.54) is 6.92 Å². The fourth-order valence-corrected chi connectivity index (χ4v) is 0.162. The van der Waals surface area contributed by atoms with Gasteiger partial charge in [-0.05, 0) is 6.92 Å². The second-order valence-corrected chi connectivity index (χ2v) is 1.19. The van der Waals surface area contributed by atoms with Gasteiger partial charge in [0, 0.05) is 6.42 Å². The molecule has 34 valence electrons. The van der Waals surface area contributed by atoms with E-state index in [2.05, 4.69) is 5.92 Å². The van der Waals surface area contributed by atoms with Crippen molar-refractivity contribution in [3.05, 3.63) is 0 Å². The van der Waals surface area contributed by atoms with Crippen molar-refractivity contribution in [3.63, 3.8) is 0 Å². The van der Waals surface area contributed by atoms with Crippen LogP contribution in [0, 0.1) is 12.3 Å². The van der Waals surface area contributed by atoms with E-state index in [1.54, 1.807) is 0 Å². The Morgan fingerprint density at radius 3 is 2.50 bits per heavy atom. The monoisotopic (exact) mass is 86.1 g/mol. The molecule has 1 atom stereocenters. The van der Waals surface area contributed by atoms with Gasteiger partial charge in [-0.2, -0.15) is 0 Å². The lowest BCUT2D eigenvalue weighted by atomic mass is 10.3. The zero-order valence-corrected chi connectivity index (χ0v) is 3.74. The number of hydrogen-bond acceptors (Lipinski definition) is 0. The number of halogens is 1. The molecular weight excluding hydrogens is 79.1 g/mol. The highest BCUT2D eigenvalue weighted by Crippen LogP contribution is 1.90. The number of hydrogen-bond donors (Lipinski definition) is 0. The van der Waals surface area contributed by atoms with Crippen LogP contribution >= 0.6 is 0 Å². The highest BCUT2D eigenvalue weighted by Gasteiger charge is 1.88. The molecule has 0 bridgehead atoms. The minimum Gasteiger partial charge on any atom is -0.247 e. The topological polar surface area (TPSA) is 0 Å². The highest BCUT2D eigenvalue weighted by molar-refractivity contribution is 4.85. The average Bonchev–Trinajstić information content (AvgIpc) is 1.35. The molecule has 1 heteroatoms. The predicted molar refractivity (Wildman–Crippen MR) is 24.0 cm³/mol. The fraction of sp³-hybridized carbons (Fsp3) is 0.600. The second kappa shape index (κ2) is 2.71. The van der Waals surface area contributed by atoms with Crippen molar-refractivity contribution < 1.29 is 4.39 Å². The molecular formula is C5H7F. The van der Waals surface area contributed by atoms with Crippen molar-refractivity contribution in [1.82, 2.24) is 0 Å². The van der Waals surface area contributed by atoms with Gasteiger partial charge in [0.15, 0.2) is 0 Å². The van der Waals surface area contributed by atoms with Crippen molar-refractivity contribution in [2.75, 3.05) is 0 Å². The molecule has 1 unspecified atom stereocenters. The van der Waals surface area contributed by atoms with E-state index >= 15 is 0 Å². The van der Waals surface area contributed by atoms with E-state index < -0.39 is 6.17 Å². The first kappa shape index (κ1) is 5.49. The fourth-order valence-electron chi connectivity index (χ4n) is 0.162. The van der Waals surface area contributed by atoms with E-state index in [4.69, 9.17) is 6.42 Å². The zero-order valence-electron chi connectivity index (χ0n) is 3.74. The molecule has 0 aliphatic rings. The summed E-state index contributed by atoms with van der Waals surface area (Å²) in [5, 5.41) is 0. The molecule has 0 N–H and O–H groups in total. The van der Waals surface area contributed by atoms with Crippen molar-refractivity contribution in [1.29, 1.82) is 0 Å². The summed E-state index contributed by atoms with van der Waals surface area (Å²) in [5.41, 5.74) is 0. The molecule has 0 fully saturated rings. The molecule has 6 heavy (non-hydrogen) atoms. The highest BCUT2D eigenvalue weighted by atomic mass is 19.1. The van der Waals surface area contributed by atoms with Crippen LogP contribution in [0.3, 0.4) is 0 Å². The number of alkyl halides is 1. The summed E-state index contributed by atoms with van der Waals surface area (Å²) < 4.78 is 11.6. The molecule has 0 aromatic carbocycles. The predicted octanol–water partition coefficient (Wildman–Crippen LogP) is 1.37. The molecule has 0 saturated heterocycles. The molecule has 0 spiro atoms. The zero-order chi connectivity index (χ0) is 4.99. The molecule has 0 aliphatic heterocycles. The van der Waals surface area contributed by atoms with Gasteiger partial charge in [0.2, 0.25) is 0 Å². The van der Waals surface area contributed by atoms with Gasteiger partial charge in [0.1, 0.15) is 6.17 Å². The van der Waals surface area contributed by atoms with Gasteiger partial charge in [-0.3, -0.25) is 0 Å². The van der Waals surface area contributed by atoms with E-state index in [1.807, 2.05) is 0 Å². The molecule has 0 aromatic heterocycles. The van der Waals surface area contributed by atoms with Crippen molar-refractivity contribution >= 4 is 0 Å². The van der Waals surface area contributed by atoms with Crippen LogP contribution < -0.4 is 0 Å². The molecule has 0 aromatic rings. The van der Waals surface area contributed by atoms with Gasteiger partial charge in [-0.1, -0.05) is 0 Å². The third-order valence-electron chi connectivity index (χ3n) is 0.399. The minimum atomic E-state index is -0.838. The Labute approximate surface area is 37.4 Å². The summed E-state index contributed by atoms with van der Waals surface area (Å²) in [6.07, 6.45) is 4.14. The molecule has 0 radical (unpaired) electrons. The van der Waals surface area contributed by atoms with Crippen LogP contribution in [0.1, 0.15) is 13.3 Å². The Morgan fingerprint density at radius 2 is 2.50 bits per heavy atom. The van der Waals surface area contributed by atoms with Crippen LogP contribution in [0.15, 0.2) is 0 Å². The van der Waals surface area contributed by atoms with Gasteiger partial charge in [0.05, 0.1) is 0 Å². The summed E-state index contributed by atoms with van der Waals surface area (Å²) in [7, 11) is 0. The largest absolute Gasteiger partial charge is 0.247 e. The van der Waals surface area contributed by atoms with Crippen LogP contribution in [0.2, 0.25) is 0 Å². The van der Waals surface area contributed by atoms with Gasteiger partial charge in [0.25, 0.3) is 0 Å². The summed E-state index contributed by atoms with van der Waals surface area (Å²) in [6, 6.07) is 0. The van der Waals surface area contributed by atoms with E-state index in [0.717, 1.165) is 0 Å². The SMILES string of the molecule is C#CCC(C)F. The third kappa shape index (κ3) is 3.49. The van der Waals surface area contributed by atoms with Crippen molar-refractivity contribution in [2.24, 2.45) is 0 Å². The minimum absolute atomic E-state index is 0.236. The van der Waals surface area contributed by atoms with Crippen LogP contribution in [0.4, 0.5) is 4.39 Å². The van der Waals surface area contributed by atoms with Crippen LogP contribution in [0.5, 0.6) is 0 Å². The van der Waals surface area contributed by atoms with Gasteiger partial charge in [-0.25, -0.2) is 4.39 Å². The van der Waals surface area contributed by atoms with Crippen molar-refractivity contribution in [3.8, 4) is 12.3 Å². The average molecular weight is 86.1 g/mol. The molecule has 0 heterocycles. The maximum absolute atomic E-state index is 11.6. The quantitative estimate of drug-likeness (QED) is 0.423. The summed E-state index contributed by atoms with van der Waals surface area (Å²) in [4.78, 5) is 0. The first-order chi connectivity index (χ1) is 2.77. The smallest absolute Gasteiger partial charge is 0.108 e. The molecule has 0 rings (SSSR count). The Kier molecular flexibility index (Phi) is 2.48. The van der Waals surface area contributed by atoms with E-state index in [-0.39, 0.29) is 6.42 Å². The standard InChI is InChI=1S/C5H7F/c1-3-4-5(2)6/h1,5H,4H2,2H3. The molecule has 0 amide bonds. The van der Waals surface area contributed by atoms with Gasteiger partial charge >= 0.3 is 0 Å². The maximum atomic E-state index is 11.6. The summed E-state index contributed by atoms with van der Waals surface area (Å²) in [6.45, 7) is 1.44. The van der Waals surface area contributed by atoms with Crippen LogP contribution in [-0.4, -0.2) is 6.17 Å². The lowest BCUT2D eigenvalue weighted by molar-refractivity contribution is 0.369. The lowest BCUT2D eigenvalue weighted by Gasteiger charge is -1.86. The Bertz CT molecular complexity index is 58.8. The van der Waals surface area contributed by atoms with E-state index in [9.17, 15) is 4.39 Å². The van der Waals surface area contributed by atoms with Gasteiger partial charge in [-0.15, -0.1) is 12.3 Å². The molecule has 0 aliphatic carbocycles. The normalized spacial score (nSPS) is 12.8. The van der Waals surface area contributed by atoms with Gasteiger partial charge < -0.3 is 0 Å². The van der Waals surface area contributed by atoms with E-state index in [0.29, 0.717) is 0 Å². The summed E-state index contributed by atoms with van der Waals surface area (Å²) in [5.74, 6) is 2.19. The first-order valence-electron chi connectivity index (χ1n) is 1.85. The Balaban J connectivity index is 2.88. The van der Waals surface area contributed by atoms with Crippen molar-refractivity contribution in [2.45, 2.75) is 19.5 Å². The number of rotatable bonds is 1. The molecule has 0 nitrogen and oxygen atoms in total. The second-order valence-electron chi connectivity index (χ2n) is 1.19. The van der Waals surface area contributed by atoms with Crippen LogP contribution in [0.25, 0.3) is 0 Å². The number of terminal acetylenes is 1. The summed E-state index contributed by atoms with van der Waals surface area (Å²) >= 11 is 0. The maximum Gasteiger partial charge on any atom is 0.108 e. The first-order valence-corrected chi connectivity index (χ1v) is 1.85.